The Morgan fingerprint density at radius 1 is 0.963 bits per heavy atom. The molecule has 27 heavy (non-hydrogen) atoms. The molecular formula is C22H29N3O2. The molecule has 0 atom stereocenters. The van der Waals surface area contributed by atoms with Gasteiger partial charge >= 0.3 is 0 Å². The van der Waals surface area contributed by atoms with Crippen molar-refractivity contribution in [3.05, 3.63) is 59.7 Å². The Labute approximate surface area is 162 Å². The monoisotopic (exact) mass is 367 g/mol. The summed E-state index contributed by atoms with van der Waals surface area (Å²) in [5.41, 5.74) is 3.65. The van der Waals surface area contributed by atoms with Gasteiger partial charge in [-0.15, -0.1) is 0 Å². The Hall–Kier alpha value is -2.82. The summed E-state index contributed by atoms with van der Waals surface area (Å²) in [5.74, 6) is -0.172. The average molecular weight is 367 g/mol. The lowest BCUT2D eigenvalue weighted by Crippen LogP contribution is -2.37. The molecule has 1 N–H and O–H groups in total. The first-order chi connectivity index (χ1) is 13.0. The quantitative estimate of drug-likeness (QED) is 0.775. The third-order valence-corrected chi connectivity index (χ3v) is 4.57. The van der Waals surface area contributed by atoms with E-state index in [1.54, 1.807) is 17.9 Å². The Balaban J connectivity index is 1.99. The number of anilines is 2. The molecule has 5 nitrogen and oxygen atoms in total. The minimum absolute atomic E-state index is 0.0459. The zero-order chi connectivity index (χ0) is 19.8. The van der Waals surface area contributed by atoms with E-state index in [0.717, 1.165) is 30.0 Å². The highest BCUT2D eigenvalue weighted by molar-refractivity contribution is 5.95. The highest BCUT2D eigenvalue weighted by Crippen LogP contribution is 2.20. The van der Waals surface area contributed by atoms with Crippen molar-refractivity contribution in [3.63, 3.8) is 0 Å². The fourth-order valence-electron chi connectivity index (χ4n) is 3.07. The van der Waals surface area contributed by atoms with Crippen LogP contribution >= 0.6 is 0 Å². The zero-order valence-corrected chi connectivity index (χ0v) is 16.7. The van der Waals surface area contributed by atoms with Crippen molar-refractivity contribution >= 4 is 23.2 Å². The number of hydrogen-bond donors (Lipinski definition) is 1. The Morgan fingerprint density at radius 2 is 1.59 bits per heavy atom. The molecule has 0 aliphatic carbocycles. The van der Waals surface area contributed by atoms with Crippen LogP contribution in [0.2, 0.25) is 0 Å². The second-order valence-corrected chi connectivity index (χ2v) is 6.48. The van der Waals surface area contributed by atoms with E-state index in [-0.39, 0.29) is 11.8 Å². The first-order valence-corrected chi connectivity index (χ1v) is 9.44. The topological polar surface area (TPSA) is 52.6 Å². The number of nitrogens with one attached hydrogen (secondary N) is 1. The van der Waals surface area contributed by atoms with Gasteiger partial charge in [0.05, 0.1) is 0 Å². The second-order valence-electron chi connectivity index (χ2n) is 6.48. The lowest BCUT2D eigenvalue weighted by molar-refractivity contribution is -0.116. The van der Waals surface area contributed by atoms with E-state index >= 15 is 0 Å². The van der Waals surface area contributed by atoms with E-state index in [0.29, 0.717) is 18.7 Å². The molecular weight excluding hydrogens is 338 g/mol. The van der Waals surface area contributed by atoms with Crippen LogP contribution in [-0.2, 0) is 4.79 Å². The van der Waals surface area contributed by atoms with Gasteiger partial charge in [0, 0.05) is 50.0 Å². The maximum absolute atomic E-state index is 12.3. The smallest absolute Gasteiger partial charge is 0.251 e. The van der Waals surface area contributed by atoms with E-state index in [1.807, 2.05) is 49.4 Å². The first-order valence-electron chi connectivity index (χ1n) is 9.44. The summed E-state index contributed by atoms with van der Waals surface area (Å²) in [5, 5.41) is 2.89. The molecule has 0 aromatic heterocycles. The summed E-state index contributed by atoms with van der Waals surface area (Å²) < 4.78 is 0. The normalized spacial score (nSPS) is 10.4. The summed E-state index contributed by atoms with van der Waals surface area (Å²) in [6, 6.07) is 15.4. The molecule has 2 aromatic rings. The lowest BCUT2D eigenvalue weighted by Gasteiger charge is -2.24. The molecule has 2 rings (SSSR count). The predicted octanol–water partition coefficient (Wildman–Crippen LogP) is 3.62. The van der Waals surface area contributed by atoms with Crippen molar-refractivity contribution in [3.8, 4) is 0 Å². The van der Waals surface area contributed by atoms with Crippen LogP contribution < -0.4 is 15.1 Å². The van der Waals surface area contributed by atoms with Crippen molar-refractivity contribution in [1.82, 2.24) is 5.32 Å². The number of amides is 2. The molecule has 0 bridgehead atoms. The SMILES string of the molecule is CCN(CC)c1ccc(N(CCNC(=O)c2cccc(C)c2)C(C)=O)cc1. The zero-order valence-electron chi connectivity index (χ0n) is 16.7. The standard InChI is InChI=1S/C22H29N3O2/c1-5-24(6-2)20-10-12-21(13-11-20)25(18(4)26)15-14-23-22(27)19-9-7-8-17(3)16-19/h7-13,16H,5-6,14-15H2,1-4H3,(H,23,27). The van der Waals surface area contributed by atoms with Crippen LogP contribution in [0, 0.1) is 6.92 Å². The molecule has 5 heteroatoms. The van der Waals surface area contributed by atoms with Gasteiger partial charge in [-0.1, -0.05) is 17.7 Å². The van der Waals surface area contributed by atoms with Crippen molar-refractivity contribution in [2.24, 2.45) is 0 Å². The van der Waals surface area contributed by atoms with Crippen LogP contribution in [-0.4, -0.2) is 38.0 Å². The first kappa shape index (κ1) is 20.5. The van der Waals surface area contributed by atoms with Gasteiger partial charge in [0.2, 0.25) is 5.91 Å². The number of aryl methyl sites for hydroxylation is 1. The summed E-state index contributed by atoms with van der Waals surface area (Å²) in [7, 11) is 0. The minimum Gasteiger partial charge on any atom is -0.372 e. The minimum atomic E-state index is -0.126. The van der Waals surface area contributed by atoms with Gasteiger partial charge in [-0.25, -0.2) is 0 Å². The average Bonchev–Trinajstić information content (AvgIpc) is 2.66. The molecule has 0 fully saturated rings. The number of hydrogen-bond acceptors (Lipinski definition) is 3. The third kappa shape index (κ3) is 5.58. The third-order valence-electron chi connectivity index (χ3n) is 4.57. The summed E-state index contributed by atoms with van der Waals surface area (Å²) >= 11 is 0. The highest BCUT2D eigenvalue weighted by Gasteiger charge is 2.13. The van der Waals surface area contributed by atoms with Gasteiger partial charge in [-0.3, -0.25) is 9.59 Å². The summed E-state index contributed by atoms with van der Waals surface area (Å²) in [6.45, 7) is 10.4. The van der Waals surface area contributed by atoms with Crippen molar-refractivity contribution in [1.29, 1.82) is 0 Å². The fraction of sp³-hybridized carbons (Fsp3) is 0.364. The molecule has 144 valence electrons. The number of carbonyl (C=O) groups excluding carboxylic acids is 2. The highest BCUT2D eigenvalue weighted by atomic mass is 16.2. The maximum atomic E-state index is 12.3. The predicted molar refractivity (Wildman–Crippen MR) is 112 cm³/mol. The van der Waals surface area contributed by atoms with Gasteiger partial charge < -0.3 is 15.1 Å². The molecule has 2 aromatic carbocycles. The second kappa shape index (κ2) is 9.76. The van der Waals surface area contributed by atoms with Crippen molar-refractivity contribution < 1.29 is 9.59 Å². The van der Waals surface area contributed by atoms with Gasteiger partial charge in [0.1, 0.15) is 0 Å². The Morgan fingerprint density at radius 3 is 2.15 bits per heavy atom. The van der Waals surface area contributed by atoms with Crippen LogP contribution in [0.15, 0.2) is 48.5 Å². The van der Waals surface area contributed by atoms with E-state index in [1.165, 1.54) is 0 Å². The van der Waals surface area contributed by atoms with Crippen LogP contribution in [0.1, 0.15) is 36.7 Å². The van der Waals surface area contributed by atoms with E-state index < -0.39 is 0 Å². The molecule has 0 radical (unpaired) electrons. The number of nitrogens with zero attached hydrogens (tertiary/aromatic N) is 2. The van der Waals surface area contributed by atoms with Gasteiger partial charge in [0.25, 0.3) is 5.91 Å². The molecule has 0 aliphatic rings. The van der Waals surface area contributed by atoms with Crippen LogP contribution in [0.3, 0.4) is 0 Å². The number of benzene rings is 2. The number of carbonyl (C=O) groups is 2. The maximum Gasteiger partial charge on any atom is 0.251 e. The Bertz CT molecular complexity index is 767. The van der Waals surface area contributed by atoms with Crippen molar-refractivity contribution in [2.75, 3.05) is 36.0 Å². The number of rotatable bonds is 8. The molecule has 0 unspecified atom stereocenters. The lowest BCUT2D eigenvalue weighted by atomic mass is 10.1. The molecule has 0 heterocycles. The van der Waals surface area contributed by atoms with Gasteiger partial charge in [-0.05, 0) is 57.2 Å². The molecule has 0 spiro atoms. The molecule has 0 saturated heterocycles. The fourth-order valence-corrected chi connectivity index (χ4v) is 3.07. The van der Waals surface area contributed by atoms with E-state index in [4.69, 9.17) is 0 Å². The molecule has 0 saturated carbocycles. The van der Waals surface area contributed by atoms with Gasteiger partial charge in [-0.2, -0.15) is 0 Å². The van der Waals surface area contributed by atoms with E-state index in [9.17, 15) is 9.59 Å². The van der Waals surface area contributed by atoms with Crippen LogP contribution in [0.25, 0.3) is 0 Å². The van der Waals surface area contributed by atoms with Gasteiger partial charge in [0.15, 0.2) is 0 Å². The largest absolute Gasteiger partial charge is 0.372 e. The Kier molecular flexibility index (Phi) is 7.41. The van der Waals surface area contributed by atoms with E-state index in [2.05, 4.69) is 24.1 Å². The summed E-state index contributed by atoms with van der Waals surface area (Å²) in [4.78, 5) is 28.3. The van der Waals surface area contributed by atoms with Crippen molar-refractivity contribution in [2.45, 2.75) is 27.7 Å². The molecule has 2 amide bonds. The molecule has 0 aliphatic heterocycles. The summed E-state index contributed by atoms with van der Waals surface area (Å²) in [6.07, 6.45) is 0. The van der Waals surface area contributed by atoms with Crippen LogP contribution in [0.5, 0.6) is 0 Å². The van der Waals surface area contributed by atoms with Crippen LogP contribution in [0.4, 0.5) is 11.4 Å².